The number of nitrogens with zero attached hydrogens (tertiary/aromatic N) is 3. The number of nitrogens with one attached hydrogen (secondary N) is 1. The molecule has 0 atom stereocenters. The van der Waals surface area contributed by atoms with Crippen molar-refractivity contribution in [3.05, 3.63) is 11.4 Å². The van der Waals surface area contributed by atoms with E-state index in [1.807, 2.05) is 0 Å². The van der Waals surface area contributed by atoms with Gasteiger partial charge in [-0.2, -0.15) is 0 Å². The predicted octanol–water partition coefficient (Wildman–Crippen LogP) is 1.36. The Labute approximate surface area is 91.1 Å². The third kappa shape index (κ3) is 2.56. The minimum atomic E-state index is 0.783. The Bertz CT molecular complexity index is 316. The van der Waals surface area contributed by atoms with Crippen LogP contribution in [0.4, 0.5) is 0 Å². The van der Waals surface area contributed by atoms with Crippen LogP contribution < -0.4 is 5.32 Å². The lowest BCUT2D eigenvalue weighted by Crippen LogP contribution is -2.25. The summed E-state index contributed by atoms with van der Waals surface area (Å²) in [6.45, 7) is 7.51. The second kappa shape index (κ2) is 4.75. The van der Waals surface area contributed by atoms with Gasteiger partial charge in [0.25, 0.3) is 0 Å². The summed E-state index contributed by atoms with van der Waals surface area (Å²) in [5, 5.41) is 11.7. The lowest BCUT2D eigenvalue weighted by Gasteiger charge is -2.13. The van der Waals surface area contributed by atoms with Crippen LogP contribution in [0.25, 0.3) is 0 Å². The summed E-state index contributed by atoms with van der Waals surface area (Å²) in [4.78, 5) is 0. The highest BCUT2D eigenvalue weighted by Gasteiger charge is 2.15. The Kier molecular flexibility index (Phi) is 3.36. The fourth-order valence-corrected chi connectivity index (χ4v) is 2.02. The Balaban J connectivity index is 1.94. The quantitative estimate of drug-likeness (QED) is 0.812. The number of hydrogen-bond donors (Lipinski definition) is 1. The maximum atomic E-state index is 4.22. The summed E-state index contributed by atoms with van der Waals surface area (Å²) < 4.78 is 2.10. The number of aromatic nitrogens is 3. The summed E-state index contributed by atoms with van der Waals surface area (Å²) in [6, 6.07) is 0. The third-order valence-corrected chi connectivity index (χ3v) is 2.90. The predicted molar refractivity (Wildman–Crippen MR) is 59.5 cm³/mol. The molecule has 1 aliphatic rings. The highest BCUT2D eigenvalue weighted by molar-refractivity contribution is 5.13. The van der Waals surface area contributed by atoms with Gasteiger partial charge >= 0.3 is 0 Å². The van der Waals surface area contributed by atoms with Gasteiger partial charge in [0.1, 0.15) is 0 Å². The van der Waals surface area contributed by atoms with Gasteiger partial charge in [-0.15, -0.1) is 5.10 Å². The minimum Gasteiger partial charge on any atom is -0.311 e. The van der Waals surface area contributed by atoms with E-state index in [-0.39, 0.29) is 0 Å². The number of fused-ring (bicyclic) bond motifs is 1. The molecule has 4 heteroatoms. The second-order valence-electron chi connectivity index (χ2n) is 4.67. The third-order valence-electron chi connectivity index (χ3n) is 2.90. The van der Waals surface area contributed by atoms with Gasteiger partial charge in [-0.1, -0.05) is 19.1 Å². The summed E-state index contributed by atoms with van der Waals surface area (Å²) >= 11 is 0. The van der Waals surface area contributed by atoms with Crippen LogP contribution in [0, 0.1) is 5.92 Å². The first-order valence-corrected chi connectivity index (χ1v) is 5.89. The zero-order chi connectivity index (χ0) is 10.7. The Hall–Kier alpha value is -0.900. The van der Waals surface area contributed by atoms with E-state index in [9.17, 15) is 0 Å². The molecule has 0 aliphatic carbocycles. The molecule has 84 valence electrons. The van der Waals surface area contributed by atoms with Gasteiger partial charge in [0.05, 0.1) is 11.4 Å². The van der Waals surface area contributed by atoms with Crippen molar-refractivity contribution in [2.24, 2.45) is 5.92 Å². The van der Waals surface area contributed by atoms with Crippen LogP contribution in [0.15, 0.2) is 0 Å². The molecule has 1 N–H and O–H groups in total. The lowest BCUT2D eigenvalue weighted by molar-refractivity contribution is 0.469. The molecular formula is C11H20N4. The molecule has 15 heavy (non-hydrogen) atoms. The van der Waals surface area contributed by atoms with E-state index < -0.39 is 0 Å². The summed E-state index contributed by atoms with van der Waals surface area (Å²) in [5.74, 6) is 0.783. The van der Waals surface area contributed by atoms with Gasteiger partial charge in [0.15, 0.2) is 0 Å². The number of hydrogen-bond acceptors (Lipinski definition) is 3. The summed E-state index contributed by atoms with van der Waals surface area (Å²) in [7, 11) is 0. The van der Waals surface area contributed by atoms with E-state index in [2.05, 4.69) is 34.2 Å². The van der Waals surface area contributed by atoms with Crippen molar-refractivity contribution in [3.63, 3.8) is 0 Å². The SMILES string of the molecule is CC(C)CCCn1nnc2c1CCNC2. The highest BCUT2D eigenvalue weighted by Crippen LogP contribution is 2.12. The van der Waals surface area contributed by atoms with Crippen molar-refractivity contribution in [1.82, 2.24) is 20.3 Å². The first kappa shape index (κ1) is 10.6. The van der Waals surface area contributed by atoms with E-state index in [4.69, 9.17) is 0 Å². The Morgan fingerprint density at radius 3 is 3.13 bits per heavy atom. The molecule has 0 saturated carbocycles. The molecule has 2 heterocycles. The maximum Gasteiger partial charge on any atom is 0.0997 e. The van der Waals surface area contributed by atoms with Crippen LogP contribution in [0.1, 0.15) is 38.1 Å². The summed E-state index contributed by atoms with van der Waals surface area (Å²) in [6.07, 6.45) is 3.55. The molecule has 4 nitrogen and oxygen atoms in total. The van der Waals surface area contributed by atoms with E-state index >= 15 is 0 Å². The average Bonchev–Trinajstić information content (AvgIpc) is 2.62. The molecule has 0 saturated heterocycles. The molecule has 0 amide bonds. The maximum absolute atomic E-state index is 4.22. The van der Waals surface area contributed by atoms with Crippen molar-refractivity contribution in [3.8, 4) is 0 Å². The molecule has 0 fully saturated rings. The van der Waals surface area contributed by atoms with Gasteiger partial charge in [0, 0.05) is 26.1 Å². The van der Waals surface area contributed by atoms with Gasteiger partial charge in [-0.3, -0.25) is 0 Å². The first-order chi connectivity index (χ1) is 7.27. The molecular weight excluding hydrogens is 188 g/mol. The minimum absolute atomic E-state index is 0.783. The van der Waals surface area contributed by atoms with Crippen molar-refractivity contribution >= 4 is 0 Å². The number of aryl methyl sites for hydroxylation is 1. The molecule has 0 unspecified atom stereocenters. The van der Waals surface area contributed by atoms with Crippen LogP contribution in [-0.2, 0) is 19.5 Å². The fourth-order valence-electron chi connectivity index (χ4n) is 2.02. The zero-order valence-corrected chi connectivity index (χ0v) is 9.66. The molecule has 1 aliphatic heterocycles. The second-order valence-corrected chi connectivity index (χ2v) is 4.67. The highest BCUT2D eigenvalue weighted by atomic mass is 15.4. The van der Waals surface area contributed by atoms with Gasteiger partial charge in [0.2, 0.25) is 0 Å². The van der Waals surface area contributed by atoms with Crippen LogP contribution >= 0.6 is 0 Å². The van der Waals surface area contributed by atoms with E-state index in [1.54, 1.807) is 0 Å². The topological polar surface area (TPSA) is 42.7 Å². The molecule has 0 radical (unpaired) electrons. The zero-order valence-electron chi connectivity index (χ0n) is 9.66. The molecule has 0 aromatic carbocycles. The van der Waals surface area contributed by atoms with Crippen molar-refractivity contribution < 1.29 is 0 Å². The van der Waals surface area contributed by atoms with Gasteiger partial charge in [-0.25, -0.2) is 4.68 Å². The average molecular weight is 208 g/mol. The van der Waals surface area contributed by atoms with Crippen LogP contribution in [0.5, 0.6) is 0 Å². The van der Waals surface area contributed by atoms with E-state index in [0.29, 0.717) is 0 Å². The normalized spacial score (nSPS) is 15.7. The Morgan fingerprint density at radius 2 is 2.33 bits per heavy atom. The Morgan fingerprint density at radius 1 is 1.47 bits per heavy atom. The number of rotatable bonds is 4. The van der Waals surface area contributed by atoms with E-state index in [0.717, 1.165) is 37.7 Å². The van der Waals surface area contributed by atoms with Gasteiger partial charge < -0.3 is 5.32 Å². The summed E-state index contributed by atoms with van der Waals surface area (Å²) in [5.41, 5.74) is 2.49. The smallest absolute Gasteiger partial charge is 0.0997 e. The molecule has 0 spiro atoms. The van der Waals surface area contributed by atoms with Crippen LogP contribution in [0.2, 0.25) is 0 Å². The molecule has 0 bridgehead atoms. The monoisotopic (exact) mass is 208 g/mol. The first-order valence-electron chi connectivity index (χ1n) is 5.89. The standard InChI is InChI=1S/C11H20N4/c1-9(2)4-3-7-15-11-5-6-12-8-10(11)13-14-15/h9,12H,3-8H2,1-2H3. The molecule has 1 aromatic heterocycles. The molecule has 2 rings (SSSR count). The van der Waals surface area contributed by atoms with Crippen molar-refractivity contribution in [1.29, 1.82) is 0 Å². The van der Waals surface area contributed by atoms with Crippen molar-refractivity contribution in [2.75, 3.05) is 6.54 Å². The lowest BCUT2D eigenvalue weighted by atomic mass is 10.1. The van der Waals surface area contributed by atoms with Crippen LogP contribution in [-0.4, -0.2) is 21.5 Å². The van der Waals surface area contributed by atoms with E-state index in [1.165, 1.54) is 18.5 Å². The van der Waals surface area contributed by atoms with Crippen LogP contribution in [0.3, 0.4) is 0 Å². The van der Waals surface area contributed by atoms with Crippen molar-refractivity contribution in [2.45, 2.75) is 46.2 Å². The van der Waals surface area contributed by atoms with Gasteiger partial charge in [-0.05, 0) is 18.8 Å². The molecule has 1 aromatic rings. The largest absolute Gasteiger partial charge is 0.311 e. The fraction of sp³-hybridized carbons (Fsp3) is 0.818.